The minimum Gasteiger partial charge on any atom is -0.395 e. The summed E-state index contributed by atoms with van der Waals surface area (Å²) in [4.78, 5) is 14.0. The third-order valence-corrected chi connectivity index (χ3v) is 2.90. The number of rotatable bonds is 7. The number of carbonyl (C=O) groups excluding carboxylic acids is 1. The standard InChI is InChI=1S/C14H22N2O3/c1-11-4-5-12(13(10-11)15-2)14(18)16(6-8-17)7-9-19-3/h4-5,10,15,17H,6-9H2,1-3H3. The van der Waals surface area contributed by atoms with Gasteiger partial charge in [0.25, 0.3) is 5.91 Å². The number of benzene rings is 1. The predicted molar refractivity (Wildman–Crippen MR) is 75.6 cm³/mol. The van der Waals surface area contributed by atoms with Crippen LogP contribution in [-0.4, -0.2) is 56.4 Å². The third kappa shape index (κ3) is 4.22. The van der Waals surface area contributed by atoms with Crippen molar-refractivity contribution in [3.8, 4) is 0 Å². The van der Waals surface area contributed by atoms with Crippen LogP contribution < -0.4 is 5.32 Å². The molecule has 5 nitrogen and oxygen atoms in total. The van der Waals surface area contributed by atoms with Gasteiger partial charge in [-0.25, -0.2) is 0 Å². The topological polar surface area (TPSA) is 61.8 Å². The summed E-state index contributed by atoms with van der Waals surface area (Å²) in [6, 6.07) is 5.64. The van der Waals surface area contributed by atoms with Crippen molar-refractivity contribution < 1.29 is 14.6 Å². The lowest BCUT2D eigenvalue weighted by Gasteiger charge is -2.22. The van der Waals surface area contributed by atoms with Crippen LogP contribution in [0.5, 0.6) is 0 Å². The number of nitrogens with zero attached hydrogens (tertiary/aromatic N) is 1. The molecular formula is C14H22N2O3. The van der Waals surface area contributed by atoms with Crippen molar-refractivity contribution in [2.24, 2.45) is 0 Å². The Morgan fingerprint density at radius 2 is 2.16 bits per heavy atom. The van der Waals surface area contributed by atoms with E-state index in [2.05, 4.69) is 5.32 Å². The lowest BCUT2D eigenvalue weighted by Crippen LogP contribution is -2.36. The quantitative estimate of drug-likeness (QED) is 0.776. The van der Waals surface area contributed by atoms with E-state index in [1.807, 2.05) is 19.1 Å². The van der Waals surface area contributed by atoms with Crippen molar-refractivity contribution in [2.45, 2.75) is 6.92 Å². The van der Waals surface area contributed by atoms with E-state index in [4.69, 9.17) is 9.84 Å². The van der Waals surface area contributed by atoms with Gasteiger partial charge in [-0.2, -0.15) is 0 Å². The number of nitrogens with one attached hydrogen (secondary N) is 1. The molecule has 0 aliphatic heterocycles. The first-order chi connectivity index (χ1) is 9.13. The molecule has 0 atom stereocenters. The van der Waals surface area contributed by atoms with Gasteiger partial charge in [-0.1, -0.05) is 6.07 Å². The Bertz CT molecular complexity index is 421. The molecule has 0 aromatic heterocycles. The Morgan fingerprint density at radius 3 is 2.74 bits per heavy atom. The zero-order chi connectivity index (χ0) is 14.3. The van der Waals surface area contributed by atoms with Crippen LogP contribution in [0.15, 0.2) is 18.2 Å². The van der Waals surface area contributed by atoms with Gasteiger partial charge in [-0.15, -0.1) is 0 Å². The molecule has 19 heavy (non-hydrogen) atoms. The fraction of sp³-hybridized carbons (Fsp3) is 0.500. The monoisotopic (exact) mass is 266 g/mol. The van der Waals surface area contributed by atoms with E-state index in [1.54, 1.807) is 25.1 Å². The van der Waals surface area contributed by atoms with Crippen molar-refractivity contribution in [1.29, 1.82) is 0 Å². The van der Waals surface area contributed by atoms with E-state index in [0.29, 0.717) is 25.3 Å². The maximum Gasteiger partial charge on any atom is 0.256 e. The zero-order valence-corrected chi connectivity index (χ0v) is 11.8. The first-order valence-electron chi connectivity index (χ1n) is 6.31. The van der Waals surface area contributed by atoms with E-state index in [9.17, 15) is 4.79 Å². The maximum absolute atomic E-state index is 12.5. The van der Waals surface area contributed by atoms with Gasteiger partial charge in [0, 0.05) is 32.9 Å². The summed E-state index contributed by atoms with van der Waals surface area (Å²) < 4.78 is 4.99. The molecule has 0 unspecified atom stereocenters. The Balaban J connectivity index is 2.94. The number of aliphatic hydroxyl groups excluding tert-OH is 1. The number of anilines is 1. The summed E-state index contributed by atoms with van der Waals surface area (Å²) in [6.45, 7) is 3.14. The highest BCUT2D eigenvalue weighted by molar-refractivity contribution is 5.99. The number of hydrogen-bond acceptors (Lipinski definition) is 4. The molecule has 0 fully saturated rings. The number of methoxy groups -OCH3 is 1. The molecule has 0 saturated heterocycles. The number of aliphatic hydroxyl groups is 1. The van der Waals surface area contributed by atoms with Gasteiger partial charge in [0.05, 0.1) is 18.8 Å². The maximum atomic E-state index is 12.5. The Morgan fingerprint density at radius 1 is 1.42 bits per heavy atom. The van der Waals surface area contributed by atoms with Gasteiger partial charge in [-0.3, -0.25) is 4.79 Å². The van der Waals surface area contributed by atoms with Gasteiger partial charge < -0.3 is 20.1 Å². The average Bonchev–Trinajstić information content (AvgIpc) is 2.42. The van der Waals surface area contributed by atoms with Gasteiger partial charge in [0.15, 0.2) is 0 Å². The van der Waals surface area contributed by atoms with Crippen molar-refractivity contribution in [1.82, 2.24) is 4.90 Å². The van der Waals surface area contributed by atoms with Crippen LogP contribution in [0.4, 0.5) is 5.69 Å². The number of hydrogen-bond donors (Lipinski definition) is 2. The van der Waals surface area contributed by atoms with Crippen molar-refractivity contribution in [3.63, 3.8) is 0 Å². The van der Waals surface area contributed by atoms with E-state index in [-0.39, 0.29) is 12.5 Å². The minimum absolute atomic E-state index is 0.0593. The third-order valence-electron chi connectivity index (χ3n) is 2.90. The highest BCUT2D eigenvalue weighted by atomic mass is 16.5. The van der Waals surface area contributed by atoms with Crippen LogP contribution in [0.3, 0.4) is 0 Å². The molecule has 1 amide bonds. The van der Waals surface area contributed by atoms with Crippen molar-refractivity contribution >= 4 is 11.6 Å². The summed E-state index contributed by atoms with van der Waals surface area (Å²) >= 11 is 0. The van der Waals surface area contributed by atoms with Crippen LogP contribution >= 0.6 is 0 Å². The summed E-state index contributed by atoms with van der Waals surface area (Å²) in [6.07, 6.45) is 0. The molecule has 1 aromatic carbocycles. The fourth-order valence-corrected chi connectivity index (χ4v) is 1.86. The van der Waals surface area contributed by atoms with E-state index in [1.165, 1.54) is 0 Å². The second kappa shape index (κ2) is 7.76. The Hall–Kier alpha value is -1.59. The normalized spacial score (nSPS) is 10.3. The van der Waals surface area contributed by atoms with Crippen LogP contribution in [0.2, 0.25) is 0 Å². The number of aryl methyl sites for hydroxylation is 1. The SMILES string of the molecule is CNc1cc(C)ccc1C(=O)N(CCO)CCOC. The van der Waals surface area contributed by atoms with Crippen LogP contribution in [-0.2, 0) is 4.74 Å². The smallest absolute Gasteiger partial charge is 0.256 e. The Labute approximate surface area is 114 Å². The molecule has 0 spiro atoms. The minimum atomic E-state index is -0.101. The molecule has 2 N–H and O–H groups in total. The molecule has 106 valence electrons. The van der Waals surface area contributed by atoms with Crippen LogP contribution in [0, 0.1) is 6.92 Å². The van der Waals surface area contributed by atoms with Gasteiger partial charge in [-0.05, 0) is 24.6 Å². The zero-order valence-electron chi connectivity index (χ0n) is 11.8. The van der Waals surface area contributed by atoms with Gasteiger partial charge in [0.1, 0.15) is 0 Å². The predicted octanol–water partition coefficient (Wildman–Crippen LogP) is 1.12. The molecule has 0 aliphatic carbocycles. The number of carbonyl (C=O) groups is 1. The summed E-state index contributed by atoms with van der Waals surface area (Å²) in [7, 11) is 3.38. The van der Waals surface area contributed by atoms with Crippen LogP contribution in [0.1, 0.15) is 15.9 Å². The molecule has 0 saturated carbocycles. The van der Waals surface area contributed by atoms with Gasteiger partial charge >= 0.3 is 0 Å². The molecule has 0 radical (unpaired) electrons. The second-order valence-corrected chi connectivity index (χ2v) is 4.31. The number of ether oxygens (including phenoxy) is 1. The van der Waals surface area contributed by atoms with Crippen molar-refractivity contribution in [3.05, 3.63) is 29.3 Å². The summed E-state index contributed by atoms with van der Waals surface area (Å²) in [5.74, 6) is -0.101. The highest BCUT2D eigenvalue weighted by Gasteiger charge is 2.18. The molecule has 1 aromatic rings. The summed E-state index contributed by atoms with van der Waals surface area (Å²) in [5, 5.41) is 12.1. The van der Waals surface area contributed by atoms with E-state index < -0.39 is 0 Å². The lowest BCUT2D eigenvalue weighted by molar-refractivity contribution is 0.0657. The first-order valence-corrected chi connectivity index (χ1v) is 6.31. The van der Waals surface area contributed by atoms with E-state index in [0.717, 1.165) is 11.3 Å². The second-order valence-electron chi connectivity index (χ2n) is 4.31. The molecule has 0 aliphatic rings. The first kappa shape index (κ1) is 15.5. The molecule has 5 heteroatoms. The molecule has 0 bridgehead atoms. The molecule has 0 heterocycles. The largest absolute Gasteiger partial charge is 0.395 e. The fourth-order valence-electron chi connectivity index (χ4n) is 1.86. The summed E-state index contributed by atoms with van der Waals surface area (Å²) in [5.41, 5.74) is 2.49. The van der Waals surface area contributed by atoms with E-state index >= 15 is 0 Å². The molecular weight excluding hydrogens is 244 g/mol. The number of amides is 1. The van der Waals surface area contributed by atoms with Crippen molar-refractivity contribution in [2.75, 3.05) is 45.8 Å². The molecule has 1 rings (SSSR count). The van der Waals surface area contributed by atoms with Gasteiger partial charge in [0.2, 0.25) is 0 Å². The average molecular weight is 266 g/mol. The Kier molecular flexibility index (Phi) is 6.32. The highest BCUT2D eigenvalue weighted by Crippen LogP contribution is 2.19. The van der Waals surface area contributed by atoms with Crippen LogP contribution in [0.25, 0.3) is 0 Å². The lowest BCUT2D eigenvalue weighted by atomic mass is 10.1.